The van der Waals surface area contributed by atoms with E-state index >= 15 is 0 Å². The van der Waals surface area contributed by atoms with E-state index in [0.717, 1.165) is 41.8 Å². The fourth-order valence-corrected chi connectivity index (χ4v) is 8.03. The second-order valence-corrected chi connectivity index (χ2v) is 15.2. The van der Waals surface area contributed by atoms with Crippen molar-refractivity contribution < 1.29 is 45.1 Å². The first-order chi connectivity index (χ1) is 27.2. The Kier molecular flexibility index (Phi) is 10.3. The Morgan fingerprint density at radius 1 is 0.895 bits per heavy atom. The van der Waals surface area contributed by atoms with Crippen molar-refractivity contribution in [1.82, 2.24) is 20.2 Å². The summed E-state index contributed by atoms with van der Waals surface area (Å²) in [6, 6.07) is 16.2. The van der Waals surface area contributed by atoms with Gasteiger partial charge >= 0.3 is 18.8 Å². The third-order valence-corrected chi connectivity index (χ3v) is 11.2. The number of esters is 1. The number of oxazole rings is 2. The molecule has 0 saturated carbocycles. The predicted octanol–water partition coefficient (Wildman–Crippen LogP) is 10.1. The molecule has 2 fully saturated rings. The van der Waals surface area contributed by atoms with Gasteiger partial charge in [-0.05, 0) is 103 Å². The number of nitrogens with one attached hydrogen (secondary N) is 1. The van der Waals surface area contributed by atoms with Crippen LogP contribution >= 0.6 is 0 Å². The van der Waals surface area contributed by atoms with Gasteiger partial charge in [-0.2, -0.15) is 22.0 Å². The van der Waals surface area contributed by atoms with Crippen LogP contribution in [0.1, 0.15) is 54.5 Å². The predicted molar refractivity (Wildman–Crippen MR) is 203 cm³/mol. The molecule has 4 heterocycles. The van der Waals surface area contributed by atoms with Gasteiger partial charge in [0.1, 0.15) is 35.0 Å². The molecule has 3 atom stereocenters. The van der Waals surface area contributed by atoms with E-state index in [9.17, 15) is 26.7 Å². The number of likely N-dealkylation sites (tertiary alicyclic amines) is 1. The van der Waals surface area contributed by atoms with E-state index in [4.69, 9.17) is 18.3 Å². The Morgan fingerprint density at radius 2 is 1.53 bits per heavy atom. The van der Waals surface area contributed by atoms with Gasteiger partial charge in [0.25, 0.3) is 0 Å². The molecule has 0 bridgehead atoms. The maximum Gasteiger partial charge on any atom is 0.420 e. The Labute approximate surface area is 325 Å². The first-order valence-corrected chi connectivity index (χ1v) is 18.9. The van der Waals surface area contributed by atoms with E-state index in [1.807, 2.05) is 38.1 Å². The lowest BCUT2D eigenvalue weighted by molar-refractivity contribution is -0.147. The third-order valence-electron chi connectivity index (χ3n) is 11.2. The standard InChI is InChI=1S/C43H41F5N4O5/c1-22-18-52(19-23(22)2)20-26-14-32(43(46,47)48)38-35(15-26)51-40(57-38)31-11-6-9-29(25(31)4)28-8-5-10-30(24(28)3)39-50-34-16-27(21-54-41(53)33-12-7-13-49-33)36(56-42(44)45)17-37(34)55-39/h5-6,8-11,14-17,22-23,33,42,49H,7,12-13,18-21H2,1-4H3/t22?,23?,33-/m0/s1. The average Bonchev–Trinajstić information content (AvgIpc) is 3.97. The second-order valence-electron chi connectivity index (χ2n) is 15.2. The highest BCUT2D eigenvalue weighted by molar-refractivity contribution is 5.86. The van der Waals surface area contributed by atoms with E-state index in [1.54, 1.807) is 18.2 Å². The molecule has 2 saturated heterocycles. The van der Waals surface area contributed by atoms with Crippen molar-refractivity contribution in [2.45, 2.75) is 72.5 Å². The van der Waals surface area contributed by atoms with Gasteiger partial charge in [0.15, 0.2) is 11.2 Å². The smallest absolute Gasteiger partial charge is 0.420 e. The summed E-state index contributed by atoms with van der Waals surface area (Å²) in [7, 11) is 0. The summed E-state index contributed by atoms with van der Waals surface area (Å²) in [6.07, 6.45) is -3.18. The van der Waals surface area contributed by atoms with Crippen LogP contribution in [0.3, 0.4) is 0 Å². The van der Waals surface area contributed by atoms with E-state index in [0.29, 0.717) is 53.6 Å². The molecule has 57 heavy (non-hydrogen) atoms. The van der Waals surface area contributed by atoms with Crippen LogP contribution in [0.2, 0.25) is 0 Å². The van der Waals surface area contributed by atoms with Crippen LogP contribution in [0.5, 0.6) is 5.75 Å². The molecule has 0 spiro atoms. The van der Waals surface area contributed by atoms with Crippen molar-refractivity contribution in [3.8, 4) is 39.8 Å². The van der Waals surface area contributed by atoms with Gasteiger partial charge in [-0.3, -0.25) is 9.69 Å². The van der Waals surface area contributed by atoms with E-state index < -0.39 is 30.4 Å². The monoisotopic (exact) mass is 788 g/mol. The number of carbonyl (C=O) groups excluding carboxylic acids is 1. The van der Waals surface area contributed by atoms with Crippen LogP contribution in [0.15, 0.2) is 69.5 Å². The molecule has 0 radical (unpaired) electrons. The first kappa shape index (κ1) is 38.5. The summed E-state index contributed by atoms with van der Waals surface area (Å²) in [5, 5.41) is 3.05. The average molecular weight is 789 g/mol. The van der Waals surface area contributed by atoms with Gasteiger partial charge in [-0.1, -0.05) is 38.1 Å². The SMILES string of the molecule is Cc1c(-c2nc3cc(COC(=O)[C@@H]4CCCN4)c(OC(F)F)cc3o2)cccc1-c1cccc(-c2nc3cc(CN4CC(C)C(C)C4)cc(C(F)(F)F)c3o2)c1C. The first-order valence-electron chi connectivity index (χ1n) is 18.9. The lowest BCUT2D eigenvalue weighted by atomic mass is 9.91. The zero-order chi connectivity index (χ0) is 40.2. The number of fused-ring (bicyclic) bond motifs is 2. The number of carbonyl (C=O) groups is 1. The molecule has 2 unspecified atom stereocenters. The molecule has 2 aliphatic heterocycles. The summed E-state index contributed by atoms with van der Waals surface area (Å²) in [5.74, 6) is 0.548. The number of aromatic nitrogens is 2. The summed E-state index contributed by atoms with van der Waals surface area (Å²) in [6.45, 7) is 7.36. The molecule has 14 heteroatoms. The largest absolute Gasteiger partial charge is 0.460 e. The zero-order valence-electron chi connectivity index (χ0n) is 31.8. The van der Waals surface area contributed by atoms with Crippen molar-refractivity contribution >= 4 is 28.2 Å². The summed E-state index contributed by atoms with van der Waals surface area (Å²) in [4.78, 5) is 24.0. The van der Waals surface area contributed by atoms with Crippen molar-refractivity contribution in [2.24, 2.45) is 11.8 Å². The molecular formula is C43H41F5N4O5. The van der Waals surface area contributed by atoms with Crippen molar-refractivity contribution in [3.63, 3.8) is 0 Å². The number of alkyl halides is 5. The van der Waals surface area contributed by atoms with Crippen molar-refractivity contribution in [1.29, 1.82) is 0 Å². The number of hydrogen-bond donors (Lipinski definition) is 1. The molecule has 2 aliphatic rings. The lowest BCUT2D eigenvalue weighted by Crippen LogP contribution is -2.32. The Bertz CT molecular complexity index is 2460. The molecule has 2 aromatic heterocycles. The molecule has 8 rings (SSSR count). The number of ether oxygens (including phenoxy) is 2. The molecular weight excluding hydrogens is 747 g/mol. The van der Waals surface area contributed by atoms with Gasteiger partial charge in [-0.15, -0.1) is 0 Å². The molecule has 0 amide bonds. The quantitative estimate of drug-likeness (QED) is 0.107. The van der Waals surface area contributed by atoms with Crippen LogP contribution in [-0.4, -0.2) is 53.1 Å². The molecule has 1 N–H and O–H groups in total. The number of nitrogens with zero attached hydrogens (tertiary/aromatic N) is 3. The molecule has 9 nitrogen and oxygen atoms in total. The topological polar surface area (TPSA) is 103 Å². The van der Waals surface area contributed by atoms with Crippen LogP contribution in [0.4, 0.5) is 22.0 Å². The van der Waals surface area contributed by atoms with Gasteiger partial charge in [0.2, 0.25) is 11.8 Å². The van der Waals surface area contributed by atoms with Crippen LogP contribution in [0, 0.1) is 25.7 Å². The van der Waals surface area contributed by atoms with Gasteiger partial charge < -0.3 is 23.6 Å². The number of halogens is 5. The van der Waals surface area contributed by atoms with Gasteiger partial charge in [0, 0.05) is 42.4 Å². The molecule has 0 aliphatic carbocycles. The zero-order valence-corrected chi connectivity index (χ0v) is 31.8. The highest BCUT2D eigenvalue weighted by Crippen LogP contribution is 2.41. The maximum absolute atomic E-state index is 14.4. The normalized spacial score (nSPS) is 19.0. The molecule has 4 aromatic carbocycles. The minimum Gasteiger partial charge on any atom is -0.460 e. The number of hydrogen-bond acceptors (Lipinski definition) is 9. The minimum atomic E-state index is -4.64. The second kappa shape index (κ2) is 15.2. The van der Waals surface area contributed by atoms with Crippen molar-refractivity contribution in [3.05, 3.63) is 88.5 Å². The van der Waals surface area contributed by atoms with Gasteiger partial charge in [0.05, 0.1) is 0 Å². The minimum absolute atomic E-state index is 0.0750. The van der Waals surface area contributed by atoms with Crippen LogP contribution in [0.25, 0.3) is 56.2 Å². The number of rotatable bonds is 10. The van der Waals surface area contributed by atoms with Crippen LogP contribution < -0.4 is 10.1 Å². The van der Waals surface area contributed by atoms with E-state index in [-0.39, 0.29) is 46.4 Å². The van der Waals surface area contributed by atoms with E-state index in [1.165, 1.54) is 18.2 Å². The Morgan fingerprint density at radius 3 is 2.14 bits per heavy atom. The fourth-order valence-electron chi connectivity index (χ4n) is 8.03. The third kappa shape index (κ3) is 7.72. The van der Waals surface area contributed by atoms with Crippen LogP contribution in [-0.2, 0) is 28.9 Å². The molecule has 298 valence electrons. The Hall–Kier alpha value is -5.34. The summed E-state index contributed by atoms with van der Waals surface area (Å²) in [5.41, 5.74) is 4.51. The van der Waals surface area contributed by atoms with Gasteiger partial charge in [-0.25, -0.2) is 9.97 Å². The fraction of sp³-hybridized carbons (Fsp3) is 0.372. The number of benzene rings is 4. The lowest BCUT2D eigenvalue weighted by Gasteiger charge is -2.16. The summed E-state index contributed by atoms with van der Waals surface area (Å²) >= 11 is 0. The Balaban J connectivity index is 1.12. The highest BCUT2D eigenvalue weighted by atomic mass is 19.4. The molecule has 6 aromatic rings. The van der Waals surface area contributed by atoms with Crippen molar-refractivity contribution in [2.75, 3.05) is 19.6 Å². The van der Waals surface area contributed by atoms with E-state index in [2.05, 4.69) is 34.0 Å². The maximum atomic E-state index is 14.4. The highest BCUT2D eigenvalue weighted by Gasteiger charge is 2.36. The summed E-state index contributed by atoms with van der Waals surface area (Å²) < 4.78 is 92.4.